The monoisotopic (exact) mass is 349 g/mol. The summed E-state index contributed by atoms with van der Waals surface area (Å²) in [5.41, 5.74) is 0.455. The fourth-order valence-electron chi connectivity index (χ4n) is 3.70. The topological polar surface area (TPSA) is 81.7 Å². The van der Waals surface area contributed by atoms with E-state index in [1.807, 2.05) is 4.90 Å². The molecule has 2 saturated heterocycles. The molecule has 3 N–H and O–H groups in total. The van der Waals surface area contributed by atoms with Crippen LogP contribution < -0.4 is 10.6 Å². The number of nitrogens with zero attached hydrogens (tertiary/aromatic N) is 1. The summed E-state index contributed by atoms with van der Waals surface area (Å²) in [4.78, 5) is 26.3. The van der Waals surface area contributed by atoms with Gasteiger partial charge in [-0.15, -0.1) is 0 Å². The van der Waals surface area contributed by atoms with E-state index in [4.69, 9.17) is 0 Å². The van der Waals surface area contributed by atoms with Crippen LogP contribution in [0.25, 0.3) is 0 Å². The van der Waals surface area contributed by atoms with Crippen LogP contribution in [0.2, 0.25) is 0 Å². The molecule has 7 heteroatoms. The number of anilines is 1. The molecule has 2 fully saturated rings. The Hall–Kier alpha value is -1.99. The standard InChI is InChI=1S/C18H24FN3O3/c1-12-2-3-15(14(19)8-12)21-16(24)11-22-6-4-18(5-7-22)9-13(23)10-20-17(18)25/h2-3,8,13,23H,4-7,9-11H2,1H3,(H,20,25)(H,21,24). The van der Waals surface area contributed by atoms with Gasteiger partial charge in [-0.2, -0.15) is 0 Å². The Morgan fingerprint density at radius 1 is 1.44 bits per heavy atom. The van der Waals surface area contributed by atoms with E-state index in [2.05, 4.69) is 10.6 Å². The van der Waals surface area contributed by atoms with Crippen molar-refractivity contribution in [2.24, 2.45) is 5.41 Å². The number of carbonyl (C=O) groups is 2. The van der Waals surface area contributed by atoms with Crippen molar-refractivity contribution in [2.45, 2.75) is 32.3 Å². The molecule has 0 radical (unpaired) electrons. The molecule has 136 valence electrons. The summed E-state index contributed by atoms with van der Waals surface area (Å²) >= 11 is 0. The maximum Gasteiger partial charge on any atom is 0.238 e. The van der Waals surface area contributed by atoms with Gasteiger partial charge in [0.1, 0.15) is 5.82 Å². The number of likely N-dealkylation sites (tertiary alicyclic amines) is 1. The van der Waals surface area contributed by atoms with Gasteiger partial charge in [-0.1, -0.05) is 6.07 Å². The van der Waals surface area contributed by atoms with Crippen LogP contribution in [0.5, 0.6) is 0 Å². The van der Waals surface area contributed by atoms with Gasteiger partial charge < -0.3 is 15.7 Å². The van der Waals surface area contributed by atoms with Crippen LogP contribution in [0.4, 0.5) is 10.1 Å². The number of aliphatic hydroxyl groups excluding tert-OH is 1. The highest BCUT2D eigenvalue weighted by molar-refractivity contribution is 5.92. The molecule has 0 bridgehead atoms. The number of amides is 2. The van der Waals surface area contributed by atoms with Crippen molar-refractivity contribution in [3.8, 4) is 0 Å². The molecule has 1 atom stereocenters. The number of nitrogens with one attached hydrogen (secondary N) is 2. The highest BCUT2D eigenvalue weighted by Gasteiger charge is 2.45. The van der Waals surface area contributed by atoms with E-state index in [-0.39, 0.29) is 24.0 Å². The molecular formula is C18H24FN3O3. The molecule has 2 heterocycles. The maximum atomic E-state index is 13.8. The lowest BCUT2D eigenvalue weighted by Gasteiger charge is -2.44. The fraction of sp³-hybridized carbons (Fsp3) is 0.556. The molecule has 2 amide bonds. The number of halogens is 1. The minimum Gasteiger partial charge on any atom is -0.391 e. The number of carbonyl (C=O) groups excluding carboxylic acids is 2. The lowest BCUT2D eigenvalue weighted by atomic mass is 9.71. The fourth-order valence-corrected chi connectivity index (χ4v) is 3.70. The van der Waals surface area contributed by atoms with Crippen molar-refractivity contribution in [3.05, 3.63) is 29.6 Å². The van der Waals surface area contributed by atoms with Gasteiger partial charge in [0.15, 0.2) is 0 Å². The molecule has 2 aliphatic rings. The van der Waals surface area contributed by atoms with Gasteiger partial charge in [0.25, 0.3) is 0 Å². The predicted molar refractivity (Wildman–Crippen MR) is 91.5 cm³/mol. The van der Waals surface area contributed by atoms with E-state index in [9.17, 15) is 19.1 Å². The maximum absolute atomic E-state index is 13.8. The zero-order valence-electron chi connectivity index (χ0n) is 14.3. The third-order valence-electron chi connectivity index (χ3n) is 5.19. The van der Waals surface area contributed by atoms with Crippen LogP contribution in [-0.2, 0) is 9.59 Å². The number of hydrogen-bond donors (Lipinski definition) is 3. The summed E-state index contributed by atoms with van der Waals surface area (Å²) in [6.45, 7) is 3.47. The van der Waals surface area contributed by atoms with Gasteiger partial charge in [0.05, 0.1) is 23.8 Å². The van der Waals surface area contributed by atoms with Gasteiger partial charge in [-0.05, 0) is 57.0 Å². The Balaban J connectivity index is 1.53. The molecule has 25 heavy (non-hydrogen) atoms. The summed E-state index contributed by atoms with van der Waals surface area (Å²) in [7, 11) is 0. The number of piperidine rings is 2. The molecule has 1 aromatic rings. The van der Waals surface area contributed by atoms with E-state index in [0.717, 1.165) is 5.56 Å². The summed E-state index contributed by atoms with van der Waals surface area (Å²) in [5.74, 6) is -0.714. The van der Waals surface area contributed by atoms with Crippen molar-refractivity contribution in [1.82, 2.24) is 10.2 Å². The van der Waals surface area contributed by atoms with Crippen LogP contribution in [0, 0.1) is 18.2 Å². The average Bonchev–Trinajstić information content (AvgIpc) is 2.56. The first-order chi connectivity index (χ1) is 11.9. The Kier molecular flexibility index (Phi) is 5.06. The summed E-state index contributed by atoms with van der Waals surface area (Å²) in [6, 6.07) is 4.69. The molecule has 3 rings (SSSR count). The lowest BCUT2D eigenvalue weighted by Crippen LogP contribution is -2.56. The first kappa shape index (κ1) is 17.8. The zero-order chi connectivity index (χ0) is 18.0. The van der Waals surface area contributed by atoms with Crippen LogP contribution in [0.3, 0.4) is 0 Å². The van der Waals surface area contributed by atoms with Crippen molar-refractivity contribution >= 4 is 17.5 Å². The number of aryl methyl sites for hydroxylation is 1. The Morgan fingerprint density at radius 3 is 2.84 bits per heavy atom. The van der Waals surface area contributed by atoms with Crippen LogP contribution in [0.1, 0.15) is 24.8 Å². The highest BCUT2D eigenvalue weighted by Crippen LogP contribution is 2.38. The quantitative estimate of drug-likeness (QED) is 0.761. The number of rotatable bonds is 3. The lowest BCUT2D eigenvalue weighted by molar-refractivity contribution is -0.141. The Morgan fingerprint density at radius 2 is 2.16 bits per heavy atom. The van der Waals surface area contributed by atoms with E-state index < -0.39 is 17.3 Å². The number of aliphatic hydroxyl groups is 1. The van der Waals surface area contributed by atoms with Crippen molar-refractivity contribution in [2.75, 3.05) is 31.5 Å². The number of β-amino-alcohol motifs (C(OH)–C–C–N with tert-alkyl or cyclic N) is 1. The second-order valence-corrected chi connectivity index (χ2v) is 7.16. The molecule has 1 unspecified atom stereocenters. The molecular weight excluding hydrogens is 325 g/mol. The van der Waals surface area contributed by atoms with E-state index >= 15 is 0 Å². The van der Waals surface area contributed by atoms with Gasteiger partial charge in [-0.3, -0.25) is 14.5 Å². The molecule has 1 aromatic carbocycles. The predicted octanol–water partition coefficient (Wildman–Crippen LogP) is 1.04. The molecule has 6 nitrogen and oxygen atoms in total. The van der Waals surface area contributed by atoms with E-state index in [1.165, 1.54) is 6.07 Å². The second kappa shape index (κ2) is 7.09. The first-order valence-corrected chi connectivity index (χ1v) is 8.63. The zero-order valence-corrected chi connectivity index (χ0v) is 14.3. The third-order valence-corrected chi connectivity index (χ3v) is 5.19. The largest absolute Gasteiger partial charge is 0.391 e. The van der Waals surface area contributed by atoms with Crippen LogP contribution in [0.15, 0.2) is 18.2 Å². The summed E-state index contributed by atoms with van der Waals surface area (Å²) < 4.78 is 13.8. The minimum absolute atomic E-state index is 0.00336. The number of hydrogen-bond acceptors (Lipinski definition) is 4. The van der Waals surface area contributed by atoms with Gasteiger partial charge >= 0.3 is 0 Å². The second-order valence-electron chi connectivity index (χ2n) is 7.16. The summed E-state index contributed by atoms with van der Waals surface area (Å²) in [6.07, 6.45) is 1.20. The smallest absolute Gasteiger partial charge is 0.238 e. The average molecular weight is 349 g/mol. The van der Waals surface area contributed by atoms with E-state index in [1.54, 1.807) is 19.1 Å². The Labute approximate surface area is 146 Å². The molecule has 1 spiro atoms. The van der Waals surface area contributed by atoms with Gasteiger partial charge in [-0.25, -0.2) is 4.39 Å². The molecule has 0 aromatic heterocycles. The minimum atomic E-state index is -0.520. The third kappa shape index (κ3) is 3.99. The van der Waals surface area contributed by atoms with Gasteiger partial charge in [0.2, 0.25) is 11.8 Å². The van der Waals surface area contributed by atoms with Crippen molar-refractivity contribution in [3.63, 3.8) is 0 Å². The molecule has 2 aliphatic heterocycles. The van der Waals surface area contributed by atoms with Crippen molar-refractivity contribution < 1.29 is 19.1 Å². The Bertz CT molecular complexity index is 672. The first-order valence-electron chi connectivity index (χ1n) is 8.63. The normalized spacial score (nSPS) is 23.3. The SMILES string of the molecule is Cc1ccc(NC(=O)CN2CCC3(CC2)CC(O)CNC3=O)c(F)c1. The highest BCUT2D eigenvalue weighted by atomic mass is 19.1. The van der Waals surface area contributed by atoms with Crippen LogP contribution in [-0.4, -0.2) is 54.1 Å². The van der Waals surface area contributed by atoms with E-state index in [0.29, 0.717) is 38.9 Å². The number of benzene rings is 1. The van der Waals surface area contributed by atoms with Crippen LogP contribution >= 0.6 is 0 Å². The van der Waals surface area contributed by atoms with Crippen molar-refractivity contribution in [1.29, 1.82) is 0 Å². The molecule has 0 saturated carbocycles. The molecule has 0 aliphatic carbocycles. The summed E-state index contributed by atoms with van der Waals surface area (Å²) in [5, 5.41) is 15.2. The van der Waals surface area contributed by atoms with Gasteiger partial charge in [0, 0.05) is 6.54 Å².